The molecule has 0 aliphatic carbocycles. The van der Waals surface area contributed by atoms with E-state index in [1.807, 2.05) is 10.9 Å². The van der Waals surface area contributed by atoms with Gasteiger partial charge in [-0.25, -0.2) is 0 Å². The van der Waals surface area contributed by atoms with Crippen LogP contribution in [0.2, 0.25) is 0 Å². The highest BCUT2D eigenvalue weighted by Crippen LogP contribution is 1.99. The molecule has 0 aliphatic heterocycles. The van der Waals surface area contributed by atoms with Crippen LogP contribution in [0.25, 0.3) is 0 Å². The van der Waals surface area contributed by atoms with Crippen LogP contribution in [-0.2, 0) is 6.54 Å². The Labute approximate surface area is 92.1 Å². The molecule has 4 nitrogen and oxygen atoms in total. The van der Waals surface area contributed by atoms with Gasteiger partial charge >= 0.3 is 0 Å². The SMILES string of the molecule is CCCCCN(C)CCn1cc(N)cn1. The predicted octanol–water partition coefficient (Wildman–Crippen LogP) is 1.59. The third-order valence-electron chi connectivity index (χ3n) is 2.51. The molecule has 0 atom stereocenters. The minimum absolute atomic E-state index is 0.739. The van der Waals surface area contributed by atoms with E-state index in [2.05, 4.69) is 24.0 Å². The number of nitrogens with two attached hydrogens (primary N) is 1. The lowest BCUT2D eigenvalue weighted by Gasteiger charge is -2.15. The normalized spacial score (nSPS) is 11.1. The van der Waals surface area contributed by atoms with Gasteiger partial charge in [0.15, 0.2) is 0 Å². The van der Waals surface area contributed by atoms with Crippen molar-refractivity contribution in [2.75, 3.05) is 25.9 Å². The van der Waals surface area contributed by atoms with Crippen molar-refractivity contribution in [2.24, 2.45) is 0 Å². The van der Waals surface area contributed by atoms with E-state index < -0.39 is 0 Å². The lowest BCUT2D eigenvalue weighted by molar-refractivity contribution is 0.305. The molecule has 0 fully saturated rings. The number of unbranched alkanes of at least 4 members (excludes halogenated alkanes) is 2. The molecule has 0 unspecified atom stereocenters. The van der Waals surface area contributed by atoms with Gasteiger partial charge in [0.1, 0.15) is 0 Å². The Hall–Kier alpha value is -1.03. The van der Waals surface area contributed by atoms with Gasteiger partial charge in [-0.3, -0.25) is 4.68 Å². The Bertz CT molecular complexity index is 269. The molecule has 1 heterocycles. The number of nitrogen functional groups attached to an aromatic ring is 1. The van der Waals surface area contributed by atoms with Crippen molar-refractivity contribution in [3.05, 3.63) is 12.4 Å². The molecule has 1 aromatic heterocycles. The summed E-state index contributed by atoms with van der Waals surface area (Å²) in [6, 6.07) is 0. The minimum Gasteiger partial charge on any atom is -0.396 e. The van der Waals surface area contributed by atoms with Gasteiger partial charge in [0, 0.05) is 12.7 Å². The van der Waals surface area contributed by atoms with E-state index >= 15 is 0 Å². The summed E-state index contributed by atoms with van der Waals surface area (Å²) in [4.78, 5) is 2.34. The zero-order valence-electron chi connectivity index (χ0n) is 9.82. The minimum atomic E-state index is 0.739. The van der Waals surface area contributed by atoms with Crippen molar-refractivity contribution >= 4 is 5.69 Å². The van der Waals surface area contributed by atoms with Crippen molar-refractivity contribution < 1.29 is 0 Å². The highest BCUT2D eigenvalue weighted by atomic mass is 15.3. The third kappa shape index (κ3) is 4.83. The molecule has 0 spiro atoms. The maximum absolute atomic E-state index is 5.59. The zero-order valence-corrected chi connectivity index (χ0v) is 9.82. The topological polar surface area (TPSA) is 47.1 Å². The molecule has 1 rings (SSSR count). The number of aromatic nitrogens is 2. The number of nitrogens with zero attached hydrogens (tertiary/aromatic N) is 3. The van der Waals surface area contributed by atoms with Crippen LogP contribution >= 0.6 is 0 Å². The van der Waals surface area contributed by atoms with E-state index in [1.54, 1.807) is 6.20 Å². The van der Waals surface area contributed by atoms with E-state index in [0.717, 1.165) is 18.8 Å². The fourth-order valence-corrected chi connectivity index (χ4v) is 1.52. The fraction of sp³-hybridized carbons (Fsp3) is 0.727. The first-order valence-corrected chi connectivity index (χ1v) is 5.69. The van der Waals surface area contributed by atoms with Crippen LogP contribution in [0.3, 0.4) is 0 Å². The number of rotatable bonds is 7. The molecule has 0 amide bonds. The summed E-state index contributed by atoms with van der Waals surface area (Å²) < 4.78 is 1.89. The average molecular weight is 210 g/mol. The number of hydrogen-bond donors (Lipinski definition) is 1. The second-order valence-electron chi connectivity index (χ2n) is 4.05. The van der Waals surface area contributed by atoms with E-state index in [-0.39, 0.29) is 0 Å². The van der Waals surface area contributed by atoms with Crippen LogP contribution in [0.4, 0.5) is 5.69 Å². The maximum Gasteiger partial charge on any atom is 0.0719 e. The lowest BCUT2D eigenvalue weighted by Crippen LogP contribution is -2.24. The fourth-order valence-electron chi connectivity index (χ4n) is 1.52. The van der Waals surface area contributed by atoms with Gasteiger partial charge in [-0.05, 0) is 20.0 Å². The molecule has 0 aliphatic rings. The van der Waals surface area contributed by atoms with Gasteiger partial charge in [-0.1, -0.05) is 19.8 Å². The molecule has 0 saturated carbocycles. The van der Waals surface area contributed by atoms with Crippen molar-refractivity contribution in [3.63, 3.8) is 0 Å². The standard InChI is InChI=1S/C11H22N4/c1-3-4-5-6-14(2)7-8-15-10-11(12)9-13-15/h9-10H,3-8,12H2,1-2H3. The van der Waals surface area contributed by atoms with Crippen LogP contribution in [0.15, 0.2) is 12.4 Å². The zero-order chi connectivity index (χ0) is 11.1. The van der Waals surface area contributed by atoms with Crippen molar-refractivity contribution in [1.82, 2.24) is 14.7 Å². The van der Waals surface area contributed by atoms with E-state index in [4.69, 9.17) is 5.73 Å². The largest absolute Gasteiger partial charge is 0.396 e. The highest BCUT2D eigenvalue weighted by molar-refractivity contribution is 5.30. The summed E-state index contributed by atoms with van der Waals surface area (Å²) in [5.74, 6) is 0. The Kier molecular flexibility index (Phi) is 5.18. The Morgan fingerprint density at radius 2 is 2.20 bits per heavy atom. The molecule has 4 heteroatoms. The van der Waals surface area contributed by atoms with Gasteiger partial charge in [-0.15, -0.1) is 0 Å². The van der Waals surface area contributed by atoms with Crippen LogP contribution < -0.4 is 5.73 Å². The van der Waals surface area contributed by atoms with E-state index in [0.29, 0.717) is 0 Å². The first-order valence-electron chi connectivity index (χ1n) is 5.69. The molecule has 0 bridgehead atoms. The highest BCUT2D eigenvalue weighted by Gasteiger charge is 1.99. The van der Waals surface area contributed by atoms with Crippen LogP contribution in [-0.4, -0.2) is 34.8 Å². The second-order valence-corrected chi connectivity index (χ2v) is 4.05. The molecule has 0 radical (unpaired) electrons. The molecular weight excluding hydrogens is 188 g/mol. The van der Waals surface area contributed by atoms with Crippen LogP contribution in [0.1, 0.15) is 26.2 Å². The Morgan fingerprint density at radius 1 is 1.40 bits per heavy atom. The molecule has 86 valence electrons. The monoisotopic (exact) mass is 210 g/mol. The summed E-state index contributed by atoms with van der Waals surface area (Å²) in [7, 11) is 2.16. The number of hydrogen-bond acceptors (Lipinski definition) is 3. The molecule has 1 aromatic rings. The van der Waals surface area contributed by atoms with Crippen molar-refractivity contribution in [3.8, 4) is 0 Å². The quantitative estimate of drug-likeness (QED) is 0.695. The molecular formula is C11H22N4. The average Bonchev–Trinajstić information content (AvgIpc) is 2.62. The number of anilines is 1. The summed E-state index contributed by atoms with van der Waals surface area (Å²) in [6.07, 6.45) is 7.45. The maximum atomic E-state index is 5.59. The third-order valence-corrected chi connectivity index (χ3v) is 2.51. The molecule has 0 saturated heterocycles. The summed E-state index contributed by atoms with van der Waals surface area (Å²) in [6.45, 7) is 5.35. The molecule has 2 N–H and O–H groups in total. The van der Waals surface area contributed by atoms with E-state index in [9.17, 15) is 0 Å². The van der Waals surface area contributed by atoms with Gasteiger partial charge < -0.3 is 10.6 Å². The first kappa shape index (κ1) is 12.0. The van der Waals surface area contributed by atoms with Crippen molar-refractivity contribution in [1.29, 1.82) is 0 Å². The Morgan fingerprint density at radius 3 is 2.80 bits per heavy atom. The molecule has 15 heavy (non-hydrogen) atoms. The summed E-state index contributed by atoms with van der Waals surface area (Å²) in [5, 5.41) is 4.15. The molecule has 0 aromatic carbocycles. The lowest BCUT2D eigenvalue weighted by atomic mass is 10.2. The summed E-state index contributed by atoms with van der Waals surface area (Å²) in [5.41, 5.74) is 6.33. The van der Waals surface area contributed by atoms with Crippen LogP contribution in [0.5, 0.6) is 0 Å². The summed E-state index contributed by atoms with van der Waals surface area (Å²) >= 11 is 0. The van der Waals surface area contributed by atoms with Crippen molar-refractivity contribution in [2.45, 2.75) is 32.7 Å². The van der Waals surface area contributed by atoms with Crippen LogP contribution in [0, 0.1) is 0 Å². The van der Waals surface area contributed by atoms with E-state index in [1.165, 1.54) is 25.8 Å². The Balaban J connectivity index is 2.13. The predicted molar refractivity (Wildman–Crippen MR) is 63.7 cm³/mol. The van der Waals surface area contributed by atoms with Gasteiger partial charge in [-0.2, -0.15) is 5.10 Å². The number of likely N-dealkylation sites (N-methyl/N-ethyl adjacent to an activating group) is 1. The smallest absolute Gasteiger partial charge is 0.0719 e. The van der Waals surface area contributed by atoms with Gasteiger partial charge in [0.25, 0.3) is 0 Å². The first-order chi connectivity index (χ1) is 7.22. The van der Waals surface area contributed by atoms with Gasteiger partial charge in [0.05, 0.1) is 18.4 Å². The van der Waals surface area contributed by atoms with Gasteiger partial charge in [0.2, 0.25) is 0 Å². The second kappa shape index (κ2) is 6.45.